The van der Waals surface area contributed by atoms with Crippen LogP contribution in [-0.2, 0) is 17.1 Å². The van der Waals surface area contributed by atoms with E-state index in [1.54, 1.807) is 0 Å². The van der Waals surface area contributed by atoms with E-state index in [-0.39, 0.29) is 5.56 Å². The van der Waals surface area contributed by atoms with Crippen molar-refractivity contribution in [2.24, 2.45) is 0 Å². The first-order valence-corrected chi connectivity index (χ1v) is 5.80. The minimum atomic E-state index is -6.51. The number of carbonyl (C=O) groups is 1. The third-order valence-corrected chi connectivity index (χ3v) is 2.83. The molecule has 126 valence electrons. The van der Waals surface area contributed by atoms with Crippen molar-refractivity contribution in [1.82, 2.24) is 4.98 Å². The van der Waals surface area contributed by atoms with Crippen LogP contribution in [0.5, 0.6) is 0 Å². The molecule has 2 rings (SSSR count). The fraction of sp³-hybridized carbons (Fsp3) is 0.333. The summed E-state index contributed by atoms with van der Waals surface area (Å²) in [5.41, 5.74) is -0.862. The first-order valence-electron chi connectivity index (χ1n) is 5.80. The lowest BCUT2D eigenvalue weighted by Crippen LogP contribution is -2.50. The number of nitrogens with zero attached hydrogens (tertiary/aromatic N) is 1. The van der Waals surface area contributed by atoms with Crippen LogP contribution in [0.4, 0.5) is 30.7 Å². The number of halogens is 7. The maximum absolute atomic E-state index is 13.5. The molecule has 0 fully saturated rings. The van der Waals surface area contributed by atoms with Crippen LogP contribution in [0.2, 0.25) is 0 Å². The van der Waals surface area contributed by atoms with Crippen molar-refractivity contribution in [3.8, 4) is 0 Å². The number of rotatable bonds is 4. The van der Waals surface area contributed by atoms with Gasteiger partial charge in [-0.05, 0) is 17.7 Å². The van der Waals surface area contributed by atoms with E-state index in [0.717, 1.165) is 18.2 Å². The smallest absolute Gasteiger partial charge is 0.460 e. The number of fused-ring (bicyclic) bond motifs is 1. The lowest BCUT2D eigenvalue weighted by atomic mass is 10.1. The molecular weight excluding hydrogens is 339 g/mol. The van der Waals surface area contributed by atoms with Crippen molar-refractivity contribution in [1.29, 1.82) is 0 Å². The highest BCUT2D eigenvalue weighted by Crippen LogP contribution is 2.51. The predicted octanol–water partition coefficient (Wildman–Crippen LogP) is 3.74. The zero-order valence-electron chi connectivity index (χ0n) is 10.8. The number of alkyl halides is 7. The predicted molar refractivity (Wildman–Crippen MR) is 60.2 cm³/mol. The number of hydrogen-bond acceptors (Lipinski definition) is 3. The van der Waals surface area contributed by atoms with Gasteiger partial charge in [0.1, 0.15) is 5.52 Å². The second kappa shape index (κ2) is 5.10. The summed E-state index contributed by atoms with van der Waals surface area (Å²) in [6.45, 7) is 0. The summed E-state index contributed by atoms with van der Waals surface area (Å²) in [6, 6.07) is 3.02. The molecule has 0 aliphatic heterocycles. The second-order valence-corrected chi connectivity index (χ2v) is 4.54. The van der Waals surface area contributed by atoms with E-state index in [0.29, 0.717) is 0 Å². The van der Waals surface area contributed by atoms with Crippen molar-refractivity contribution in [3.05, 3.63) is 29.7 Å². The summed E-state index contributed by atoms with van der Waals surface area (Å²) in [4.78, 5) is 13.5. The first kappa shape index (κ1) is 17.0. The fourth-order valence-corrected chi connectivity index (χ4v) is 1.70. The molecule has 0 atom stereocenters. The molecule has 0 aliphatic carbocycles. The van der Waals surface area contributed by atoms with Gasteiger partial charge in [0.05, 0.1) is 6.42 Å². The third kappa shape index (κ3) is 2.82. The van der Waals surface area contributed by atoms with Gasteiger partial charge >= 0.3 is 24.0 Å². The van der Waals surface area contributed by atoms with Gasteiger partial charge in [-0.25, -0.2) is 4.98 Å². The Labute approximate surface area is 122 Å². The van der Waals surface area contributed by atoms with Gasteiger partial charge in [0.2, 0.25) is 0 Å². The average Bonchev–Trinajstić information content (AvgIpc) is 2.80. The molecule has 1 aromatic carbocycles. The summed E-state index contributed by atoms with van der Waals surface area (Å²) in [5, 5.41) is 8.58. The molecule has 0 unspecified atom stereocenters. The summed E-state index contributed by atoms with van der Waals surface area (Å²) >= 11 is 0. The van der Waals surface area contributed by atoms with E-state index in [2.05, 4.69) is 9.40 Å². The number of benzene rings is 1. The number of oxazole rings is 1. The largest absolute Gasteiger partial charge is 0.481 e. The van der Waals surface area contributed by atoms with Gasteiger partial charge < -0.3 is 9.52 Å². The van der Waals surface area contributed by atoms with E-state index >= 15 is 0 Å². The highest BCUT2D eigenvalue weighted by molar-refractivity contribution is 5.77. The number of aromatic nitrogens is 1. The Kier molecular flexibility index (Phi) is 3.78. The molecule has 0 radical (unpaired) electrons. The van der Waals surface area contributed by atoms with E-state index in [4.69, 9.17) is 5.11 Å². The molecule has 1 N–H and O–H groups in total. The van der Waals surface area contributed by atoms with Crippen LogP contribution in [0.3, 0.4) is 0 Å². The summed E-state index contributed by atoms with van der Waals surface area (Å²) < 4.78 is 93.4. The Morgan fingerprint density at radius 1 is 1.13 bits per heavy atom. The quantitative estimate of drug-likeness (QED) is 0.858. The van der Waals surface area contributed by atoms with Gasteiger partial charge in [-0.2, -0.15) is 30.7 Å². The first-order chi connectivity index (χ1) is 10.4. The Balaban J connectivity index is 2.49. The van der Waals surface area contributed by atoms with E-state index in [9.17, 15) is 35.5 Å². The number of carboxylic acids is 1. The molecule has 0 spiro atoms. The van der Waals surface area contributed by atoms with Gasteiger partial charge in [0.15, 0.2) is 5.58 Å². The highest BCUT2D eigenvalue weighted by atomic mass is 19.4. The molecule has 0 amide bonds. The van der Waals surface area contributed by atoms with Crippen molar-refractivity contribution >= 4 is 17.1 Å². The molecule has 0 aliphatic rings. The average molecular weight is 345 g/mol. The lowest BCUT2D eigenvalue weighted by molar-refractivity contribution is -0.363. The number of aliphatic carboxylic acids is 1. The van der Waals surface area contributed by atoms with E-state index < -0.39 is 47.4 Å². The molecule has 0 saturated heterocycles. The summed E-state index contributed by atoms with van der Waals surface area (Å²) in [7, 11) is 0. The Bertz CT molecular complexity index is 751. The third-order valence-electron chi connectivity index (χ3n) is 2.83. The van der Waals surface area contributed by atoms with E-state index in [1.165, 1.54) is 0 Å². The van der Waals surface area contributed by atoms with Crippen LogP contribution in [0.1, 0.15) is 11.5 Å². The summed E-state index contributed by atoms with van der Waals surface area (Å²) in [5.74, 6) is -15.5. The molecule has 4 nitrogen and oxygen atoms in total. The fourth-order valence-electron chi connectivity index (χ4n) is 1.70. The normalized spacial score (nSPS) is 13.5. The van der Waals surface area contributed by atoms with Crippen LogP contribution in [0, 0.1) is 0 Å². The molecule has 0 saturated carbocycles. The lowest BCUT2D eigenvalue weighted by Gasteiger charge is -2.25. The van der Waals surface area contributed by atoms with Crippen LogP contribution in [0.25, 0.3) is 11.1 Å². The molecule has 11 heteroatoms. The molecule has 1 aromatic heterocycles. The van der Waals surface area contributed by atoms with Crippen molar-refractivity contribution in [3.63, 3.8) is 0 Å². The Morgan fingerprint density at radius 3 is 2.26 bits per heavy atom. The minimum absolute atomic E-state index is 0.0794. The minimum Gasteiger partial charge on any atom is -0.481 e. The molecule has 2 aromatic rings. The number of carboxylic acid groups (broad SMARTS) is 1. The SMILES string of the molecule is O=C(O)Cc1ccc2oc(C(F)(F)C(F)(F)C(F)(F)F)nc2c1. The van der Waals surface area contributed by atoms with Gasteiger partial charge in [0.25, 0.3) is 5.89 Å². The maximum atomic E-state index is 13.5. The van der Waals surface area contributed by atoms with Gasteiger partial charge in [-0.3, -0.25) is 4.79 Å². The molecule has 23 heavy (non-hydrogen) atoms. The van der Waals surface area contributed by atoms with Gasteiger partial charge in [-0.15, -0.1) is 0 Å². The Morgan fingerprint density at radius 2 is 1.74 bits per heavy atom. The topological polar surface area (TPSA) is 63.3 Å². The van der Waals surface area contributed by atoms with Crippen LogP contribution >= 0.6 is 0 Å². The van der Waals surface area contributed by atoms with Crippen LogP contribution in [0.15, 0.2) is 22.6 Å². The van der Waals surface area contributed by atoms with Crippen molar-refractivity contribution < 1.29 is 45.1 Å². The van der Waals surface area contributed by atoms with Gasteiger partial charge in [0, 0.05) is 0 Å². The van der Waals surface area contributed by atoms with Crippen molar-refractivity contribution in [2.75, 3.05) is 0 Å². The Hall–Kier alpha value is -2.33. The molecule has 0 bridgehead atoms. The van der Waals surface area contributed by atoms with E-state index in [1.807, 2.05) is 0 Å². The van der Waals surface area contributed by atoms with Crippen LogP contribution < -0.4 is 0 Å². The van der Waals surface area contributed by atoms with Gasteiger partial charge in [-0.1, -0.05) is 6.07 Å². The molecular formula is C12H6F7NO3. The standard InChI is InChI=1S/C12H6F7NO3/c13-10(14,11(15,16)12(17,18)19)9-20-6-3-5(4-8(21)22)1-2-7(6)23-9/h1-3H,4H2,(H,21,22). The second-order valence-electron chi connectivity index (χ2n) is 4.54. The monoisotopic (exact) mass is 345 g/mol. The zero-order chi connectivity index (χ0) is 17.6. The maximum Gasteiger partial charge on any atom is 0.460 e. The zero-order valence-corrected chi connectivity index (χ0v) is 10.8. The molecule has 1 heterocycles. The highest BCUT2D eigenvalue weighted by Gasteiger charge is 2.75. The van der Waals surface area contributed by atoms with Crippen LogP contribution in [-0.4, -0.2) is 28.2 Å². The number of hydrogen-bond donors (Lipinski definition) is 1. The summed E-state index contributed by atoms with van der Waals surface area (Å²) in [6.07, 6.45) is -7.03. The van der Waals surface area contributed by atoms with Crippen molar-refractivity contribution in [2.45, 2.75) is 24.4 Å².